The molecule has 2 heterocycles. The lowest BCUT2D eigenvalue weighted by Gasteiger charge is -2.14. The summed E-state index contributed by atoms with van der Waals surface area (Å²) < 4.78 is 19.2. The molecule has 28 heavy (non-hydrogen) atoms. The van der Waals surface area contributed by atoms with Gasteiger partial charge in [-0.3, -0.25) is 4.79 Å². The number of aliphatic hydroxyl groups excluding tert-OH is 1. The molecule has 1 aromatic heterocycles. The molecule has 1 saturated heterocycles. The van der Waals surface area contributed by atoms with E-state index in [-0.39, 0.29) is 23.5 Å². The van der Waals surface area contributed by atoms with Gasteiger partial charge in [-0.15, -0.1) is 0 Å². The number of nitrogens with two attached hydrogens (primary N) is 1. The van der Waals surface area contributed by atoms with Crippen molar-refractivity contribution in [2.75, 3.05) is 26.4 Å². The zero-order chi connectivity index (χ0) is 20.5. The summed E-state index contributed by atoms with van der Waals surface area (Å²) in [6, 6.07) is 7.58. The Bertz CT molecular complexity index is 985. The van der Waals surface area contributed by atoms with Crippen LogP contribution in [0, 0.1) is 17.7 Å². The van der Waals surface area contributed by atoms with E-state index in [9.17, 15) is 19.4 Å². The van der Waals surface area contributed by atoms with Crippen molar-refractivity contribution >= 4 is 11.6 Å². The number of pyridine rings is 1. The smallest absolute Gasteiger partial charge is 0.267 e. The number of nitrogen functional groups attached to an aromatic ring is 1. The highest BCUT2D eigenvalue weighted by Gasteiger charge is 2.42. The van der Waals surface area contributed by atoms with Crippen LogP contribution in [0.1, 0.15) is 24.0 Å². The molecule has 8 heteroatoms. The van der Waals surface area contributed by atoms with Crippen LogP contribution < -0.4 is 5.73 Å². The van der Waals surface area contributed by atoms with Crippen molar-refractivity contribution in [3.05, 3.63) is 47.4 Å². The van der Waals surface area contributed by atoms with Crippen LogP contribution >= 0.6 is 0 Å². The van der Waals surface area contributed by atoms with Crippen molar-refractivity contribution < 1.29 is 24.1 Å². The number of hydrogen-bond acceptors (Lipinski definition) is 6. The molecule has 1 aromatic carbocycles. The Kier molecular flexibility index (Phi) is 5.34. The number of amides is 1. The summed E-state index contributed by atoms with van der Waals surface area (Å²) in [7, 11) is 2.88. The number of likely N-dealkylation sites (N-methyl/N-ethyl adjacent to an activating group) is 1. The summed E-state index contributed by atoms with van der Waals surface area (Å²) in [6.45, 7) is 0.426. The Morgan fingerprint density at radius 2 is 2.18 bits per heavy atom. The summed E-state index contributed by atoms with van der Waals surface area (Å²) >= 11 is 0. The van der Waals surface area contributed by atoms with Gasteiger partial charge in [0.1, 0.15) is 11.4 Å². The first-order chi connectivity index (χ1) is 13.2. The van der Waals surface area contributed by atoms with Gasteiger partial charge < -0.3 is 25.6 Å². The average Bonchev–Trinajstić information content (AvgIpc) is 2.94. The molecule has 4 N–H and O–H groups in total. The van der Waals surface area contributed by atoms with Crippen LogP contribution in [0.5, 0.6) is 0 Å². The fraction of sp³-hybridized carbons (Fsp3) is 0.300. The summed E-state index contributed by atoms with van der Waals surface area (Å²) in [6.07, 6.45) is -1.16. The van der Waals surface area contributed by atoms with E-state index >= 15 is 0 Å². The third kappa shape index (κ3) is 3.68. The molecule has 0 bridgehead atoms. The number of ether oxygens (including phenoxy) is 1. The van der Waals surface area contributed by atoms with Crippen molar-refractivity contribution in [1.29, 1.82) is 0 Å². The predicted molar refractivity (Wildman–Crippen MR) is 100 cm³/mol. The normalized spacial score (nSPS) is 20.0. The molecule has 0 spiro atoms. The lowest BCUT2D eigenvalue weighted by molar-refractivity contribution is -0.137. The Labute approximate surface area is 161 Å². The number of hydrogen-bond donors (Lipinski definition) is 3. The zero-order valence-corrected chi connectivity index (χ0v) is 15.4. The second-order valence-electron chi connectivity index (χ2n) is 6.55. The molecule has 1 aliphatic heterocycles. The minimum atomic E-state index is -1.72. The van der Waals surface area contributed by atoms with Crippen LogP contribution in [0.4, 0.5) is 10.1 Å². The number of carbonyl (C=O) groups is 1. The third-order valence-electron chi connectivity index (χ3n) is 4.55. The number of methoxy groups -OCH3 is 1. The lowest BCUT2D eigenvalue weighted by atomic mass is 10.0. The van der Waals surface area contributed by atoms with Crippen LogP contribution in [0.2, 0.25) is 0 Å². The highest BCUT2D eigenvalue weighted by Crippen LogP contribution is 2.28. The van der Waals surface area contributed by atoms with Crippen LogP contribution in [0.25, 0.3) is 11.3 Å². The molecule has 2 aromatic rings. The van der Waals surface area contributed by atoms with Crippen LogP contribution in [-0.4, -0.2) is 52.3 Å². The van der Waals surface area contributed by atoms with Crippen molar-refractivity contribution in [2.24, 2.45) is 0 Å². The monoisotopic (exact) mass is 385 g/mol. The first kappa shape index (κ1) is 19.8. The third-order valence-corrected chi connectivity index (χ3v) is 4.55. The molecular formula is C20H20FN3O4. The van der Waals surface area contributed by atoms with Gasteiger partial charge in [0.05, 0.1) is 5.69 Å². The highest BCUT2D eigenvalue weighted by atomic mass is 19.1. The van der Waals surface area contributed by atoms with E-state index in [1.165, 1.54) is 12.0 Å². The molecule has 1 aliphatic rings. The molecule has 3 rings (SSSR count). The van der Waals surface area contributed by atoms with E-state index in [2.05, 4.69) is 16.8 Å². The van der Waals surface area contributed by atoms with Crippen LogP contribution in [0.15, 0.2) is 30.3 Å². The second kappa shape index (κ2) is 7.56. The number of rotatable bonds is 3. The maximum atomic E-state index is 14.4. The zero-order valence-electron chi connectivity index (χ0n) is 15.4. The number of carbonyl (C=O) groups excluding carboxylic acids is 1. The number of halogens is 1. The molecule has 1 fully saturated rings. The molecule has 0 aliphatic carbocycles. The fourth-order valence-electron chi connectivity index (χ4n) is 2.92. The first-order valence-electron chi connectivity index (χ1n) is 8.53. The maximum absolute atomic E-state index is 14.4. The van der Waals surface area contributed by atoms with Crippen molar-refractivity contribution in [3.8, 4) is 23.1 Å². The van der Waals surface area contributed by atoms with Gasteiger partial charge in [-0.25, -0.2) is 9.37 Å². The number of benzene rings is 1. The van der Waals surface area contributed by atoms with Gasteiger partial charge in [-0.1, -0.05) is 24.0 Å². The number of aromatic nitrogens is 1. The minimum Gasteiger partial charge on any atom is -0.397 e. The van der Waals surface area contributed by atoms with Gasteiger partial charge in [0.15, 0.2) is 12.1 Å². The van der Waals surface area contributed by atoms with E-state index < -0.39 is 23.6 Å². The SMILES string of the molecule is COC(O)c1nc(-c2cccc(C#C[C@]3(O)CCN(C)C3=O)c2)c(F)cc1N. The summed E-state index contributed by atoms with van der Waals surface area (Å²) in [5.74, 6) is 4.28. The number of likely N-dealkylation sites (tertiary alicyclic amines) is 1. The molecule has 0 radical (unpaired) electrons. The predicted octanol–water partition coefficient (Wildman–Crippen LogP) is 1.05. The van der Waals surface area contributed by atoms with Gasteiger partial charge in [0.2, 0.25) is 5.60 Å². The van der Waals surface area contributed by atoms with Crippen molar-refractivity contribution in [2.45, 2.75) is 18.3 Å². The Hall–Kier alpha value is -2.99. The Morgan fingerprint density at radius 1 is 1.43 bits per heavy atom. The number of aliphatic hydroxyl groups is 2. The average molecular weight is 385 g/mol. The van der Waals surface area contributed by atoms with Gasteiger partial charge in [0.25, 0.3) is 5.91 Å². The topological polar surface area (TPSA) is 109 Å². The van der Waals surface area contributed by atoms with E-state index in [0.29, 0.717) is 17.7 Å². The molecule has 1 amide bonds. The molecule has 1 unspecified atom stereocenters. The highest BCUT2D eigenvalue weighted by molar-refractivity contribution is 5.90. The van der Waals surface area contributed by atoms with Crippen LogP contribution in [-0.2, 0) is 9.53 Å². The van der Waals surface area contributed by atoms with E-state index in [4.69, 9.17) is 10.5 Å². The Balaban J connectivity index is 1.97. The maximum Gasteiger partial charge on any atom is 0.267 e. The van der Waals surface area contributed by atoms with E-state index in [1.54, 1.807) is 31.3 Å². The molecular weight excluding hydrogens is 365 g/mol. The summed E-state index contributed by atoms with van der Waals surface area (Å²) in [5.41, 5.74) is 4.80. The van der Waals surface area contributed by atoms with Gasteiger partial charge in [-0.2, -0.15) is 0 Å². The first-order valence-corrected chi connectivity index (χ1v) is 8.53. The molecule has 2 atom stereocenters. The van der Waals surface area contributed by atoms with E-state index in [1.807, 2.05) is 0 Å². The molecule has 7 nitrogen and oxygen atoms in total. The molecule has 146 valence electrons. The van der Waals surface area contributed by atoms with Crippen molar-refractivity contribution in [1.82, 2.24) is 9.88 Å². The standard InChI is InChI=1S/C20H20FN3O4/c1-24-9-8-20(27,19(24)26)7-6-12-4-3-5-13(10-12)16-14(21)11-15(22)17(23-16)18(25)28-2/h3-5,10-11,18,25,27H,8-9,22H2,1-2H3/t18?,20-/m0/s1. The Morgan fingerprint density at radius 3 is 2.82 bits per heavy atom. The number of nitrogens with zero attached hydrogens (tertiary/aromatic N) is 2. The van der Waals surface area contributed by atoms with Gasteiger partial charge in [-0.05, 0) is 12.1 Å². The van der Waals surface area contributed by atoms with Gasteiger partial charge >= 0.3 is 0 Å². The number of anilines is 1. The van der Waals surface area contributed by atoms with E-state index in [0.717, 1.165) is 6.07 Å². The quantitative estimate of drug-likeness (QED) is 0.538. The van der Waals surface area contributed by atoms with Crippen molar-refractivity contribution in [3.63, 3.8) is 0 Å². The fourth-order valence-corrected chi connectivity index (χ4v) is 2.92. The summed E-state index contributed by atoms with van der Waals surface area (Å²) in [4.78, 5) is 17.5. The lowest BCUT2D eigenvalue weighted by Crippen LogP contribution is -2.37. The minimum absolute atomic E-state index is 0.00397. The van der Waals surface area contributed by atoms with Crippen LogP contribution in [0.3, 0.4) is 0 Å². The van der Waals surface area contributed by atoms with Gasteiger partial charge in [0, 0.05) is 44.3 Å². The second-order valence-corrected chi connectivity index (χ2v) is 6.55. The summed E-state index contributed by atoms with van der Waals surface area (Å²) in [5, 5.41) is 20.2. The molecule has 0 saturated carbocycles. The largest absolute Gasteiger partial charge is 0.397 e.